The van der Waals surface area contributed by atoms with Crippen LogP contribution in [0.25, 0.3) is 0 Å². The topological polar surface area (TPSA) is 41.1 Å². The van der Waals surface area contributed by atoms with Crippen molar-refractivity contribution in [3.05, 3.63) is 34.9 Å². The van der Waals surface area contributed by atoms with E-state index in [0.717, 1.165) is 30.3 Å². The molecule has 1 aromatic rings. The lowest BCUT2D eigenvalue weighted by atomic mass is 10.2. The molecule has 0 bridgehead atoms. The lowest BCUT2D eigenvalue weighted by Gasteiger charge is -2.06. The molecule has 0 saturated carbocycles. The molecule has 0 aliphatic carbocycles. The van der Waals surface area contributed by atoms with Gasteiger partial charge in [-0.2, -0.15) is 0 Å². The van der Waals surface area contributed by atoms with E-state index in [0.29, 0.717) is 12.3 Å². The largest absolute Gasteiger partial charge is 0.354 e. The summed E-state index contributed by atoms with van der Waals surface area (Å²) in [6.07, 6.45) is 1.12. The first-order valence-corrected chi connectivity index (χ1v) is 8.05. The van der Waals surface area contributed by atoms with E-state index in [1.54, 1.807) is 11.8 Å². The van der Waals surface area contributed by atoms with Crippen molar-refractivity contribution in [3.63, 3.8) is 0 Å². The molecule has 0 unspecified atom stereocenters. The number of rotatable bonds is 9. The summed E-state index contributed by atoms with van der Waals surface area (Å²) >= 11 is 7.43. The van der Waals surface area contributed by atoms with E-state index >= 15 is 0 Å². The van der Waals surface area contributed by atoms with Gasteiger partial charge in [-0.05, 0) is 30.7 Å². The van der Waals surface area contributed by atoms with Crippen LogP contribution in [0.2, 0.25) is 5.02 Å². The Bertz CT molecular complexity index is 370. The summed E-state index contributed by atoms with van der Waals surface area (Å²) < 4.78 is 0. The molecule has 0 fully saturated rings. The maximum atomic E-state index is 11.5. The molecule has 0 saturated heterocycles. The maximum Gasteiger partial charge on any atom is 0.230 e. The van der Waals surface area contributed by atoms with Crippen molar-refractivity contribution < 1.29 is 4.79 Å². The third kappa shape index (κ3) is 8.14. The third-order valence-corrected chi connectivity index (χ3v) is 3.72. The molecule has 1 amide bonds. The average Bonchev–Trinajstić information content (AvgIpc) is 2.41. The molecule has 106 valence electrons. The molecule has 5 heteroatoms. The van der Waals surface area contributed by atoms with Gasteiger partial charge in [-0.25, -0.2) is 0 Å². The molecule has 0 aliphatic rings. The van der Waals surface area contributed by atoms with Gasteiger partial charge in [-0.3, -0.25) is 4.79 Å². The summed E-state index contributed by atoms with van der Waals surface area (Å²) in [7, 11) is 0. The fraction of sp³-hybridized carbons (Fsp3) is 0.500. The minimum atomic E-state index is 0.0947. The van der Waals surface area contributed by atoms with Gasteiger partial charge >= 0.3 is 0 Å². The number of carbonyl (C=O) groups excluding carboxylic acids is 1. The van der Waals surface area contributed by atoms with E-state index in [2.05, 4.69) is 17.6 Å². The number of hydrogen-bond donors (Lipinski definition) is 2. The van der Waals surface area contributed by atoms with Crippen molar-refractivity contribution >= 4 is 29.3 Å². The Morgan fingerprint density at radius 2 is 1.95 bits per heavy atom. The van der Waals surface area contributed by atoms with Crippen LogP contribution in [0.4, 0.5) is 0 Å². The van der Waals surface area contributed by atoms with E-state index in [9.17, 15) is 4.79 Å². The minimum absolute atomic E-state index is 0.0947. The summed E-state index contributed by atoms with van der Waals surface area (Å²) in [5.41, 5.74) is 1.19. The second-order valence-electron chi connectivity index (χ2n) is 4.22. The summed E-state index contributed by atoms with van der Waals surface area (Å²) in [5.74, 6) is 1.42. The molecule has 0 aliphatic heterocycles. The summed E-state index contributed by atoms with van der Waals surface area (Å²) in [4.78, 5) is 11.5. The number of hydrogen-bond acceptors (Lipinski definition) is 3. The zero-order chi connectivity index (χ0) is 13.9. The van der Waals surface area contributed by atoms with Crippen molar-refractivity contribution in [2.45, 2.75) is 19.1 Å². The highest BCUT2D eigenvalue weighted by atomic mass is 35.5. The third-order valence-electron chi connectivity index (χ3n) is 2.47. The molecule has 0 aromatic heterocycles. The second kappa shape index (κ2) is 10.1. The SMILES string of the molecule is CCCNCCNC(=O)CSCc1ccc(Cl)cc1. The zero-order valence-corrected chi connectivity index (χ0v) is 12.8. The van der Waals surface area contributed by atoms with Crippen molar-refractivity contribution in [1.29, 1.82) is 0 Å². The minimum Gasteiger partial charge on any atom is -0.354 e. The van der Waals surface area contributed by atoms with Crippen LogP contribution in [0.1, 0.15) is 18.9 Å². The molecule has 3 nitrogen and oxygen atoms in total. The normalized spacial score (nSPS) is 10.4. The quantitative estimate of drug-likeness (QED) is 0.689. The molecule has 0 spiro atoms. The molecule has 0 heterocycles. The van der Waals surface area contributed by atoms with E-state index in [1.165, 1.54) is 5.56 Å². The average molecular weight is 301 g/mol. The highest BCUT2D eigenvalue weighted by Gasteiger charge is 2.01. The molecule has 0 atom stereocenters. The fourth-order valence-electron chi connectivity index (χ4n) is 1.49. The first-order chi connectivity index (χ1) is 9.22. The van der Waals surface area contributed by atoms with Crippen LogP contribution in [0.15, 0.2) is 24.3 Å². The summed E-state index contributed by atoms with van der Waals surface area (Å²) in [6, 6.07) is 7.72. The summed E-state index contributed by atoms with van der Waals surface area (Å²) in [5, 5.41) is 6.88. The second-order valence-corrected chi connectivity index (χ2v) is 5.64. The van der Waals surface area contributed by atoms with Gasteiger partial charge in [-0.15, -0.1) is 11.8 Å². The van der Waals surface area contributed by atoms with Gasteiger partial charge in [0.25, 0.3) is 0 Å². The van der Waals surface area contributed by atoms with E-state index in [4.69, 9.17) is 11.6 Å². The first-order valence-electron chi connectivity index (χ1n) is 6.52. The standard InChI is InChI=1S/C14H21ClN2OS/c1-2-7-16-8-9-17-14(18)11-19-10-12-3-5-13(15)6-4-12/h3-6,16H,2,7-11H2,1H3,(H,17,18). The van der Waals surface area contributed by atoms with Gasteiger partial charge in [0, 0.05) is 23.9 Å². The van der Waals surface area contributed by atoms with Crippen molar-refractivity contribution in [3.8, 4) is 0 Å². The lowest BCUT2D eigenvalue weighted by Crippen LogP contribution is -2.33. The van der Waals surface area contributed by atoms with E-state index in [1.807, 2.05) is 24.3 Å². The molecule has 2 N–H and O–H groups in total. The Balaban J connectivity index is 2.05. The molecule has 1 aromatic carbocycles. The highest BCUT2D eigenvalue weighted by molar-refractivity contribution is 7.99. The van der Waals surface area contributed by atoms with Gasteiger partial charge < -0.3 is 10.6 Å². The monoisotopic (exact) mass is 300 g/mol. The van der Waals surface area contributed by atoms with Gasteiger partial charge in [-0.1, -0.05) is 30.7 Å². The number of benzene rings is 1. The Morgan fingerprint density at radius 3 is 2.63 bits per heavy atom. The van der Waals surface area contributed by atoms with Crippen LogP contribution < -0.4 is 10.6 Å². The molecule has 19 heavy (non-hydrogen) atoms. The van der Waals surface area contributed by atoms with Gasteiger partial charge in [0.1, 0.15) is 0 Å². The molecule has 0 radical (unpaired) electrons. The Kier molecular flexibility index (Phi) is 8.71. The van der Waals surface area contributed by atoms with Gasteiger partial charge in [0.15, 0.2) is 0 Å². The smallest absolute Gasteiger partial charge is 0.230 e. The lowest BCUT2D eigenvalue weighted by molar-refractivity contribution is -0.118. The van der Waals surface area contributed by atoms with Gasteiger partial charge in [0.2, 0.25) is 5.91 Å². The number of amides is 1. The van der Waals surface area contributed by atoms with E-state index < -0.39 is 0 Å². The fourth-order valence-corrected chi connectivity index (χ4v) is 2.43. The maximum absolute atomic E-state index is 11.5. The predicted molar refractivity (Wildman–Crippen MR) is 83.8 cm³/mol. The van der Waals surface area contributed by atoms with Crippen LogP contribution in [0.5, 0.6) is 0 Å². The van der Waals surface area contributed by atoms with Crippen molar-refractivity contribution in [1.82, 2.24) is 10.6 Å². The molecular weight excluding hydrogens is 280 g/mol. The molecular formula is C14H21ClN2OS. The van der Waals surface area contributed by atoms with Crippen molar-refractivity contribution in [2.75, 3.05) is 25.4 Å². The number of thioether (sulfide) groups is 1. The number of halogens is 1. The predicted octanol–water partition coefficient (Wildman–Crippen LogP) is 2.69. The van der Waals surface area contributed by atoms with Crippen molar-refractivity contribution in [2.24, 2.45) is 0 Å². The van der Waals surface area contributed by atoms with Crippen LogP contribution in [-0.4, -0.2) is 31.3 Å². The van der Waals surface area contributed by atoms with Crippen LogP contribution in [-0.2, 0) is 10.5 Å². The zero-order valence-electron chi connectivity index (χ0n) is 11.2. The van der Waals surface area contributed by atoms with Crippen LogP contribution in [0.3, 0.4) is 0 Å². The number of nitrogens with one attached hydrogen (secondary N) is 2. The van der Waals surface area contributed by atoms with Crippen LogP contribution in [0, 0.1) is 0 Å². The Morgan fingerprint density at radius 1 is 1.21 bits per heavy atom. The van der Waals surface area contributed by atoms with Gasteiger partial charge in [0.05, 0.1) is 5.75 Å². The Labute approximate surface area is 124 Å². The highest BCUT2D eigenvalue weighted by Crippen LogP contribution is 2.15. The first kappa shape index (κ1) is 16.3. The summed E-state index contributed by atoms with van der Waals surface area (Å²) in [6.45, 7) is 4.65. The van der Waals surface area contributed by atoms with E-state index in [-0.39, 0.29) is 5.91 Å². The number of carbonyl (C=O) groups is 1. The van der Waals surface area contributed by atoms with Crippen LogP contribution >= 0.6 is 23.4 Å². The molecule has 1 rings (SSSR count). The Hall–Kier alpha value is -0.710.